The van der Waals surface area contributed by atoms with E-state index in [-0.39, 0.29) is 28.6 Å². The van der Waals surface area contributed by atoms with Crippen molar-refractivity contribution >= 4 is 19.6 Å². The monoisotopic (exact) mass is 502 g/mol. The molecule has 188 valence electrons. The van der Waals surface area contributed by atoms with E-state index in [2.05, 4.69) is 31.8 Å². The van der Waals surface area contributed by atoms with Gasteiger partial charge in [0.15, 0.2) is 11.6 Å². The average Bonchev–Trinajstić information content (AvgIpc) is 3.28. The maximum absolute atomic E-state index is 13.1. The number of Topliss-reactive ketones (excluding diaryl/α,β-unsaturated/α-hetero) is 1. The fraction of sp³-hybridized carbons (Fsp3) is 0.536. The van der Waals surface area contributed by atoms with E-state index in [1.165, 1.54) is 0 Å². The highest BCUT2D eigenvalue weighted by molar-refractivity contribution is 6.76. The first kappa shape index (κ1) is 26.0. The van der Waals surface area contributed by atoms with Crippen molar-refractivity contribution in [1.82, 2.24) is 9.55 Å². The second-order valence-corrected chi connectivity index (χ2v) is 17.8. The number of nitrogens with zero attached hydrogens (tertiary/aromatic N) is 4. The third kappa shape index (κ3) is 4.03. The zero-order valence-corrected chi connectivity index (χ0v) is 23.0. The van der Waals surface area contributed by atoms with E-state index in [1.54, 1.807) is 24.4 Å². The topological polar surface area (TPSA) is 109 Å². The molecule has 7 nitrogen and oxygen atoms in total. The van der Waals surface area contributed by atoms with E-state index in [0.717, 1.165) is 11.6 Å². The van der Waals surface area contributed by atoms with Crippen molar-refractivity contribution in [1.29, 1.82) is 10.5 Å². The smallest absolute Gasteiger partial charge is 0.196 e. The summed E-state index contributed by atoms with van der Waals surface area (Å²) < 4.78 is 7.99. The van der Waals surface area contributed by atoms with Crippen LogP contribution >= 0.6 is 0 Å². The van der Waals surface area contributed by atoms with Gasteiger partial charge in [-0.1, -0.05) is 46.5 Å². The average molecular weight is 503 g/mol. The number of nitriles is 2. The summed E-state index contributed by atoms with van der Waals surface area (Å²) in [5, 5.41) is 19.5. The van der Waals surface area contributed by atoms with Crippen molar-refractivity contribution in [3.63, 3.8) is 0 Å². The number of fused-ring (bicyclic) bond motifs is 3. The number of ether oxygens (including phenoxy) is 1. The van der Waals surface area contributed by atoms with E-state index in [9.17, 15) is 20.1 Å². The van der Waals surface area contributed by atoms with Gasteiger partial charge in [-0.25, -0.2) is 4.98 Å². The molecule has 3 aliphatic rings. The number of rotatable bonds is 6. The minimum absolute atomic E-state index is 0.0885. The fourth-order valence-corrected chi connectivity index (χ4v) is 7.16. The largest absolute Gasteiger partial charge is 0.361 e. The maximum Gasteiger partial charge on any atom is 0.196 e. The summed E-state index contributed by atoms with van der Waals surface area (Å²) in [5.41, 5.74) is -1.31. The maximum atomic E-state index is 13.1. The molecule has 1 aromatic rings. The van der Waals surface area contributed by atoms with Gasteiger partial charge in [-0.3, -0.25) is 9.59 Å². The van der Waals surface area contributed by atoms with Crippen LogP contribution in [0.2, 0.25) is 25.7 Å². The third-order valence-electron chi connectivity index (χ3n) is 8.27. The van der Waals surface area contributed by atoms with Crippen molar-refractivity contribution in [2.75, 3.05) is 6.61 Å². The zero-order valence-electron chi connectivity index (χ0n) is 22.0. The molecular formula is C28H34N4O3Si. The van der Waals surface area contributed by atoms with Crippen LogP contribution in [0.4, 0.5) is 0 Å². The Morgan fingerprint density at radius 2 is 1.83 bits per heavy atom. The quantitative estimate of drug-likeness (QED) is 0.406. The molecule has 1 fully saturated rings. The summed E-state index contributed by atoms with van der Waals surface area (Å²) in [4.78, 5) is 30.9. The van der Waals surface area contributed by atoms with Gasteiger partial charge in [0.25, 0.3) is 0 Å². The van der Waals surface area contributed by atoms with Crippen LogP contribution in [0.3, 0.4) is 0 Å². The van der Waals surface area contributed by atoms with Crippen LogP contribution < -0.4 is 0 Å². The standard InChI is InChI=1S/C28H34N4O3Si/c1-26(2)22-7-8-28(25-31-9-10-32(25)18-35-11-12-36(4,5)6)15-19(16-29)21(33)13-23(28)27(22,3)14-20(17-30)24(26)34/h9-10,13-15,22H,7-8,11-12,18H2,1-6H3/t22?,27-,28?/m0/s1. The van der Waals surface area contributed by atoms with Gasteiger partial charge < -0.3 is 9.30 Å². The highest BCUT2D eigenvalue weighted by Crippen LogP contribution is 2.63. The molecule has 1 saturated carbocycles. The van der Waals surface area contributed by atoms with E-state index >= 15 is 0 Å². The number of ketones is 2. The van der Waals surface area contributed by atoms with Gasteiger partial charge in [-0.05, 0) is 42.5 Å². The molecule has 4 rings (SSSR count). The Kier molecular flexibility index (Phi) is 6.35. The second-order valence-electron chi connectivity index (χ2n) is 12.2. The van der Waals surface area contributed by atoms with Gasteiger partial charge in [-0.15, -0.1) is 0 Å². The normalized spacial score (nSPS) is 29.2. The second kappa shape index (κ2) is 8.79. The number of hydrogen-bond donors (Lipinski definition) is 0. The molecule has 1 heterocycles. The SMILES string of the molecule is CC1(C)C(=O)C(C#N)=C[C@]2(C)C3=CC(=O)C(C#N)=CC3(c3nccn3COCC[Si](C)(C)C)CCC12. The van der Waals surface area contributed by atoms with Crippen molar-refractivity contribution in [2.24, 2.45) is 16.7 Å². The number of carbonyl (C=O) groups excluding carboxylic acids is 2. The molecule has 0 amide bonds. The van der Waals surface area contributed by atoms with Crippen LogP contribution in [0.5, 0.6) is 0 Å². The van der Waals surface area contributed by atoms with E-state index in [4.69, 9.17) is 9.72 Å². The molecule has 0 aromatic carbocycles. The van der Waals surface area contributed by atoms with Gasteiger partial charge in [0.05, 0.1) is 16.6 Å². The Bertz CT molecular complexity index is 1300. The highest BCUT2D eigenvalue weighted by atomic mass is 28.3. The predicted molar refractivity (Wildman–Crippen MR) is 138 cm³/mol. The number of aromatic nitrogens is 2. The van der Waals surface area contributed by atoms with E-state index in [0.29, 0.717) is 32.0 Å². The first-order valence-electron chi connectivity index (χ1n) is 12.5. The van der Waals surface area contributed by atoms with Crippen LogP contribution in [-0.4, -0.2) is 35.8 Å². The van der Waals surface area contributed by atoms with E-state index in [1.807, 2.05) is 31.5 Å². The molecule has 3 aliphatic carbocycles. The van der Waals surface area contributed by atoms with Gasteiger partial charge in [0.1, 0.15) is 24.7 Å². The van der Waals surface area contributed by atoms with Gasteiger partial charge in [0, 0.05) is 37.9 Å². The lowest BCUT2D eigenvalue weighted by atomic mass is 9.45. The van der Waals surface area contributed by atoms with Crippen molar-refractivity contribution in [3.05, 3.63) is 53.2 Å². The van der Waals surface area contributed by atoms with Crippen LogP contribution in [0.1, 0.15) is 39.4 Å². The zero-order chi connectivity index (χ0) is 26.5. The number of hydrogen-bond acceptors (Lipinski definition) is 6. The Morgan fingerprint density at radius 1 is 1.14 bits per heavy atom. The molecular weight excluding hydrogens is 468 g/mol. The summed E-state index contributed by atoms with van der Waals surface area (Å²) in [5.74, 6) is 0.0999. The minimum Gasteiger partial charge on any atom is -0.361 e. The van der Waals surface area contributed by atoms with Crippen molar-refractivity contribution in [3.8, 4) is 12.1 Å². The van der Waals surface area contributed by atoms with Gasteiger partial charge in [-0.2, -0.15) is 10.5 Å². The van der Waals surface area contributed by atoms with E-state index < -0.39 is 24.3 Å². The third-order valence-corrected chi connectivity index (χ3v) is 9.98. The fourth-order valence-electron chi connectivity index (χ4n) is 6.41. The lowest BCUT2D eigenvalue weighted by Crippen LogP contribution is -2.55. The molecule has 8 heteroatoms. The Balaban J connectivity index is 1.84. The first-order valence-corrected chi connectivity index (χ1v) is 16.2. The number of carbonyl (C=O) groups is 2. The van der Waals surface area contributed by atoms with Crippen LogP contribution in [0.25, 0.3) is 0 Å². The Labute approximate surface area is 214 Å². The van der Waals surface area contributed by atoms with Gasteiger partial charge in [0.2, 0.25) is 0 Å². The number of imidazole rings is 1. The van der Waals surface area contributed by atoms with Crippen molar-refractivity contribution in [2.45, 2.75) is 71.4 Å². The molecule has 0 radical (unpaired) electrons. The van der Waals surface area contributed by atoms with Crippen LogP contribution in [0, 0.1) is 39.4 Å². The molecule has 3 atom stereocenters. The Morgan fingerprint density at radius 3 is 2.47 bits per heavy atom. The van der Waals surface area contributed by atoms with Crippen LogP contribution in [0.15, 0.2) is 47.3 Å². The highest BCUT2D eigenvalue weighted by Gasteiger charge is 2.61. The summed E-state index contributed by atoms with van der Waals surface area (Å²) in [6.45, 7) is 13.7. The molecule has 1 aromatic heterocycles. The summed E-state index contributed by atoms with van der Waals surface area (Å²) in [6.07, 6.45) is 9.93. The molecule has 0 N–H and O–H groups in total. The molecule has 0 bridgehead atoms. The lowest BCUT2D eigenvalue weighted by molar-refractivity contribution is -0.130. The molecule has 36 heavy (non-hydrogen) atoms. The summed E-state index contributed by atoms with van der Waals surface area (Å²) in [7, 11) is -1.24. The molecule has 2 unspecified atom stereocenters. The Hall–Kier alpha value is -3.07. The van der Waals surface area contributed by atoms with Crippen LogP contribution in [-0.2, 0) is 26.5 Å². The summed E-state index contributed by atoms with van der Waals surface area (Å²) in [6, 6.07) is 5.21. The summed E-state index contributed by atoms with van der Waals surface area (Å²) >= 11 is 0. The first-order chi connectivity index (χ1) is 16.8. The number of allylic oxidation sites excluding steroid dienone is 6. The molecule has 0 saturated heterocycles. The van der Waals surface area contributed by atoms with Crippen molar-refractivity contribution < 1.29 is 14.3 Å². The molecule has 0 aliphatic heterocycles. The minimum atomic E-state index is -1.24. The van der Waals surface area contributed by atoms with Gasteiger partial charge >= 0.3 is 0 Å². The predicted octanol–water partition coefficient (Wildman–Crippen LogP) is 4.87. The molecule has 0 spiro atoms. The lowest BCUT2D eigenvalue weighted by Gasteiger charge is -2.57.